The average Bonchev–Trinajstić information content (AvgIpc) is 3.20. The summed E-state index contributed by atoms with van der Waals surface area (Å²) in [4.78, 5) is 25.6. The molecule has 1 saturated heterocycles. The molecule has 1 N–H and O–H groups in total. The highest BCUT2D eigenvalue weighted by Crippen LogP contribution is 2.25. The number of nitrogens with zero attached hydrogens (tertiary/aromatic N) is 5. The van der Waals surface area contributed by atoms with Gasteiger partial charge < -0.3 is 9.88 Å². The molecule has 2 heterocycles. The quantitative estimate of drug-likeness (QED) is 0.289. The third-order valence-corrected chi connectivity index (χ3v) is 6.46. The molecule has 1 aromatic heterocycles. The van der Waals surface area contributed by atoms with Gasteiger partial charge in [0.15, 0.2) is 5.16 Å². The van der Waals surface area contributed by atoms with Gasteiger partial charge in [-0.05, 0) is 37.6 Å². The number of hydrogen-bond acceptors (Lipinski definition) is 7. The van der Waals surface area contributed by atoms with Crippen molar-refractivity contribution in [1.82, 2.24) is 19.7 Å². The van der Waals surface area contributed by atoms with Gasteiger partial charge in [0.2, 0.25) is 5.91 Å². The number of para-hydroxylation sites is 2. The Morgan fingerprint density at radius 1 is 1.00 bits per heavy atom. The number of carbonyl (C=O) groups excluding carboxylic acids is 1. The monoisotopic (exact) mass is 466 g/mol. The Morgan fingerprint density at radius 3 is 2.48 bits per heavy atom. The lowest BCUT2D eigenvalue weighted by molar-refractivity contribution is -0.383. The van der Waals surface area contributed by atoms with Gasteiger partial charge in [0, 0.05) is 6.07 Å². The fourth-order valence-corrected chi connectivity index (χ4v) is 4.60. The molecule has 1 aliphatic rings. The molecule has 2 aromatic carbocycles. The predicted molar refractivity (Wildman–Crippen MR) is 127 cm³/mol. The van der Waals surface area contributed by atoms with E-state index >= 15 is 0 Å². The van der Waals surface area contributed by atoms with Crippen LogP contribution >= 0.6 is 11.8 Å². The Morgan fingerprint density at radius 2 is 1.73 bits per heavy atom. The molecule has 0 spiro atoms. The molecule has 1 fully saturated rings. The number of rotatable bonds is 9. The number of nitrogens with one attached hydrogen (secondary N) is 1. The van der Waals surface area contributed by atoms with E-state index in [4.69, 9.17) is 0 Å². The summed E-state index contributed by atoms with van der Waals surface area (Å²) in [6.45, 7) is 3.45. The van der Waals surface area contributed by atoms with Gasteiger partial charge in [-0.25, -0.2) is 0 Å². The van der Waals surface area contributed by atoms with Crippen LogP contribution in [0.1, 0.15) is 30.7 Å². The molecule has 33 heavy (non-hydrogen) atoms. The predicted octanol–water partition coefficient (Wildman–Crippen LogP) is 3.95. The molecule has 4 rings (SSSR count). The van der Waals surface area contributed by atoms with Crippen molar-refractivity contribution in [3.8, 4) is 0 Å². The highest BCUT2D eigenvalue weighted by molar-refractivity contribution is 7.99. The van der Waals surface area contributed by atoms with Crippen LogP contribution in [0.5, 0.6) is 0 Å². The molecule has 9 nitrogen and oxygen atoms in total. The number of hydrogen-bond donors (Lipinski definition) is 1. The smallest absolute Gasteiger partial charge is 0.292 e. The largest absolute Gasteiger partial charge is 0.320 e. The lowest BCUT2D eigenvalue weighted by atomic mass is 10.1. The summed E-state index contributed by atoms with van der Waals surface area (Å²) in [5.74, 6) is 0.617. The minimum absolute atomic E-state index is 0.0721. The Bertz CT molecular complexity index is 1100. The minimum atomic E-state index is -0.508. The van der Waals surface area contributed by atoms with Crippen molar-refractivity contribution in [3.05, 3.63) is 76.1 Å². The van der Waals surface area contributed by atoms with Gasteiger partial charge in [0.1, 0.15) is 11.5 Å². The fourth-order valence-electron chi connectivity index (χ4n) is 3.84. The van der Waals surface area contributed by atoms with Crippen molar-refractivity contribution in [2.45, 2.75) is 37.5 Å². The van der Waals surface area contributed by atoms with E-state index in [9.17, 15) is 14.9 Å². The molecule has 1 amide bonds. The van der Waals surface area contributed by atoms with Crippen molar-refractivity contribution < 1.29 is 9.72 Å². The van der Waals surface area contributed by atoms with Crippen LogP contribution in [0.15, 0.2) is 59.8 Å². The molecule has 0 radical (unpaired) electrons. The first kappa shape index (κ1) is 22.9. The highest BCUT2D eigenvalue weighted by Gasteiger charge is 2.20. The third kappa shape index (κ3) is 6.17. The van der Waals surface area contributed by atoms with Crippen LogP contribution in [0.25, 0.3) is 0 Å². The molecule has 3 aromatic rings. The second-order valence-electron chi connectivity index (χ2n) is 7.92. The highest BCUT2D eigenvalue weighted by atomic mass is 32.2. The molecule has 0 unspecified atom stereocenters. The normalized spacial score (nSPS) is 14.2. The summed E-state index contributed by atoms with van der Waals surface area (Å²) < 4.78 is 2.06. The molecule has 10 heteroatoms. The van der Waals surface area contributed by atoms with Crippen LogP contribution in [-0.4, -0.2) is 49.3 Å². The van der Waals surface area contributed by atoms with Crippen molar-refractivity contribution in [2.75, 3.05) is 24.2 Å². The molecule has 0 bridgehead atoms. The van der Waals surface area contributed by atoms with Crippen molar-refractivity contribution in [3.63, 3.8) is 0 Å². The van der Waals surface area contributed by atoms with Gasteiger partial charge in [-0.1, -0.05) is 60.6 Å². The van der Waals surface area contributed by atoms with Gasteiger partial charge in [-0.2, -0.15) is 0 Å². The number of aromatic nitrogens is 3. The second kappa shape index (κ2) is 11.1. The maximum atomic E-state index is 12.5. The van der Waals surface area contributed by atoms with Crippen LogP contribution in [0.2, 0.25) is 0 Å². The zero-order chi connectivity index (χ0) is 23.0. The van der Waals surface area contributed by atoms with E-state index in [1.807, 2.05) is 18.2 Å². The molecule has 172 valence electrons. The Hall–Kier alpha value is -3.24. The Labute approximate surface area is 196 Å². The maximum absolute atomic E-state index is 12.5. The molecular weight excluding hydrogens is 440 g/mol. The number of piperidine rings is 1. The van der Waals surface area contributed by atoms with Gasteiger partial charge in [0.25, 0.3) is 5.69 Å². The van der Waals surface area contributed by atoms with Gasteiger partial charge in [0.05, 0.1) is 23.8 Å². The molecule has 0 atom stereocenters. The number of nitro groups is 1. The summed E-state index contributed by atoms with van der Waals surface area (Å²) in [5.41, 5.74) is 1.18. The summed E-state index contributed by atoms with van der Waals surface area (Å²) in [6, 6.07) is 16.2. The first-order valence-corrected chi connectivity index (χ1v) is 11.9. The molecule has 0 aliphatic carbocycles. The van der Waals surface area contributed by atoms with Crippen LogP contribution in [0.3, 0.4) is 0 Å². The van der Waals surface area contributed by atoms with E-state index in [2.05, 4.69) is 37.1 Å². The van der Waals surface area contributed by atoms with E-state index in [0.29, 0.717) is 11.7 Å². The van der Waals surface area contributed by atoms with E-state index in [-0.39, 0.29) is 23.0 Å². The van der Waals surface area contributed by atoms with Crippen LogP contribution < -0.4 is 5.32 Å². The lowest BCUT2D eigenvalue weighted by Crippen LogP contribution is -2.30. The van der Waals surface area contributed by atoms with Crippen LogP contribution in [0, 0.1) is 10.1 Å². The maximum Gasteiger partial charge on any atom is 0.292 e. The number of thioether (sulfide) groups is 1. The zero-order valence-corrected chi connectivity index (χ0v) is 19.0. The van der Waals surface area contributed by atoms with Gasteiger partial charge >= 0.3 is 0 Å². The first-order valence-electron chi connectivity index (χ1n) is 10.9. The van der Waals surface area contributed by atoms with E-state index in [1.54, 1.807) is 12.1 Å². The molecule has 0 saturated carbocycles. The first-order chi connectivity index (χ1) is 16.1. The number of benzene rings is 2. The number of amides is 1. The van der Waals surface area contributed by atoms with Crippen molar-refractivity contribution in [1.29, 1.82) is 0 Å². The number of carbonyl (C=O) groups is 1. The summed E-state index contributed by atoms with van der Waals surface area (Å²) in [6.07, 6.45) is 3.66. The van der Waals surface area contributed by atoms with Crippen molar-refractivity contribution in [2.24, 2.45) is 0 Å². The summed E-state index contributed by atoms with van der Waals surface area (Å²) in [7, 11) is 0. The minimum Gasteiger partial charge on any atom is -0.320 e. The molecular formula is C23H26N6O3S. The lowest BCUT2D eigenvalue weighted by Gasteiger charge is -2.26. The summed E-state index contributed by atoms with van der Waals surface area (Å²) in [5, 5.41) is 23.3. The topological polar surface area (TPSA) is 106 Å². The second-order valence-corrected chi connectivity index (χ2v) is 8.86. The van der Waals surface area contributed by atoms with Crippen LogP contribution in [0.4, 0.5) is 11.4 Å². The number of anilines is 1. The van der Waals surface area contributed by atoms with Crippen molar-refractivity contribution >= 4 is 29.0 Å². The molecule has 1 aliphatic heterocycles. The SMILES string of the molecule is O=C(CSc1nnc(CN2CCCCC2)n1Cc1ccccc1)Nc1ccccc1[N+](=O)[O-]. The third-order valence-electron chi connectivity index (χ3n) is 5.50. The van der Waals surface area contributed by atoms with E-state index in [0.717, 1.165) is 31.0 Å². The number of nitro benzene ring substituents is 1. The van der Waals surface area contributed by atoms with Gasteiger partial charge in [-0.3, -0.25) is 19.8 Å². The number of likely N-dealkylation sites (tertiary alicyclic amines) is 1. The Balaban J connectivity index is 1.47. The van der Waals surface area contributed by atoms with Crippen LogP contribution in [-0.2, 0) is 17.9 Å². The van der Waals surface area contributed by atoms with Gasteiger partial charge in [-0.15, -0.1) is 10.2 Å². The standard InChI is InChI=1S/C23H26N6O3S/c30-22(24-19-11-5-6-12-20(19)29(31)32)17-33-23-26-25-21(16-27-13-7-2-8-14-27)28(23)15-18-9-3-1-4-10-18/h1,3-6,9-12H,2,7-8,13-17H2,(H,24,30). The van der Waals surface area contributed by atoms with E-state index < -0.39 is 4.92 Å². The average molecular weight is 467 g/mol. The fraction of sp³-hybridized carbons (Fsp3) is 0.348. The van der Waals surface area contributed by atoms with E-state index in [1.165, 1.54) is 43.2 Å². The Kier molecular flexibility index (Phi) is 7.69. The summed E-state index contributed by atoms with van der Waals surface area (Å²) >= 11 is 1.28. The zero-order valence-electron chi connectivity index (χ0n) is 18.2.